The predicted molar refractivity (Wildman–Crippen MR) is 105 cm³/mol. The number of aryl methyl sites for hydroxylation is 1. The van der Waals surface area contributed by atoms with E-state index in [2.05, 4.69) is 20.0 Å². The minimum Gasteiger partial charge on any atom is -0.378 e. The number of carbonyl (C=O) groups is 1. The molecule has 0 bridgehead atoms. The number of morpholine rings is 1. The summed E-state index contributed by atoms with van der Waals surface area (Å²) in [6.45, 7) is 5.77. The molecule has 1 aliphatic heterocycles. The highest BCUT2D eigenvalue weighted by Gasteiger charge is 2.18. The van der Waals surface area contributed by atoms with Gasteiger partial charge in [0.1, 0.15) is 0 Å². The number of anilines is 2. The Morgan fingerprint density at radius 1 is 1.25 bits per heavy atom. The molecule has 10 heteroatoms. The quantitative estimate of drug-likeness (QED) is 0.739. The molecule has 2 N–H and O–H groups in total. The number of nitrogens with one attached hydrogen (secondary N) is 2. The Morgan fingerprint density at radius 2 is 2.00 bits per heavy atom. The first-order chi connectivity index (χ1) is 13.3. The lowest BCUT2D eigenvalue weighted by atomic mass is 10.2. The number of aromatic nitrogens is 2. The van der Waals surface area contributed by atoms with Crippen LogP contribution in [0.15, 0.2) is 35.4 Å². The number of hydrogen-bond acceptors (Lipinski definition) is 7. The third-order valence-corrected chi connectivity index (χ3v) is 5.78. The number of carbonyl (C=O) groups excluding carboxylic acids is 1. The lowest BCUT2D eigenvalue weighted by Gasteiger charge is -2.26. The van der Waals surface area contributed by atoms with Gasteiger partial charge >= 0.3 is 0 Å². The molecule has 150 valence electrons. The molecule has 1 saturated heterocycles. The largest absolute Gasteiger partial charge is 0.378 e. The van der Waals surface area contributed by atoms with Gasteiger partial charge in [-0.25, -0.2) is 23.1 Å². The molecular weight excluding hydrogens is 382 g/mol. The molecule has 28 heavy (non-hydrogen) atoms. The number of rotatable bonds is 6. The van der Waals surface area contributed by atoms with E-state index in [9.17, 15) is 13.2 Å². The summed E-state index contributed by atoms with van der Waals surface area (Å²) in [6, 6.07) is 6.34. The zero-order chi connectivity index (χ0) is 20.1. The zero-order valence-electron chi connectivity index (χ0n) is 15.8. The Kier molecular flexibility index (Phi) is 6.22. The lowest BCUT2D eigenvalue weighted by molar-refractivity contribution is -0.114. The maximum absolute atomic E-state index is 12.7. The van der Waals surface area contributed by atoms with Crippen LogP contribution >= 0.6 is 0 Å². The number of benzene rings is 1. The van der Waals surface area contributed by atoms with Gasteiger partial charge < -0.3 is 15.0 Å². The number of hydrogen-bond donors (Lipinski definition) is 2. The third kappa shape index (κ3) is 5.03. The second kappa shape index (κ2) is 8.63. The van der Waals surface area contributed by atoms with E-state index in [1.807, 2.05) is 4.90 Å². The van der Waals surface area contributed by atoms with Crippen molar-refractivity contribution in [1.82, 2.24) is 14.7 Å². The average Bonchev–Trinajstić information content (AvgIpc) is 2.67. The first-order valence-corrected chi connectivity index (χ1v) is 10.4. The fourth-order valence-corrected chi connectivity index (χ4v) is 4.10. The second-order valence-electron chi connectivity index (χ2n) is 6.43. The SMILES string of the molecule is CC(=O)Nc1ccc(S(=O)(=O)NCc2ccnc(N3CCOCC3)n2)c(C)c1. The van der Waals surface area contributed by atoms with Gasteiger partial charge in [0.2, 0.25) is 21.9 Å². The van der Waals surface area contributed by atoms with Crippen molar-refractivity contribution in [3.8, 4) is 0 Å². The van der Waals surface area contributed by atoms with Crippen molar-refractivity contribution in [3.05, 3.63) is 41.7 Å². The van der Waals surface area contributed by atoms with E-state index < -0.39 is 10.0 Å². The van der Waals surface area contributed by atoms with Gasteiger partial charge in [0.05, 0.1) is 30.3 Å². The minimum atomic E-state index is -3.73. The fourth-order valence-electron chi connectivity index (χ4n) is 2.88. The maximum Gasteiger partial charge on any atom is 0.241 e. The predicted octanol–water partition coefficient (Wildman–Crippen LogP) is 1.06. The van der Waals surface area contributed by atoms with Gasteiger partial charge in [-0.2, -0.15) is 0 Å². The van der Waals surface area contributed by atoms with E-state index in [0.29, 0.717) is 49.2 Å². The molecule has 2 heterocycles. The summed E-state index contributed by atoms with van der Waals surface area (Å²) in [4.78, 5) is 22.0. The normalized spacial score (nSPS) is 14.7. The Hall–Kier alpha value is -2.56. The topological polar surface area (TPSA) is 114 Å². The second-order valence-corrected chi connectivity index (χ2v) is 8.17. The van der Waals surface area contributed by atoms with Crippen molar-refractivity contribution >= 4 is 27.6 Å². The summed E-state index contributed by atoms with van der Waals surface area (Å²) >= 11 is 0. The molecule has 1 aliphatic rings. The van der Waals surface area contributed by atoms with Crippen LogP contribution < -0.4 is 14.9 Å². The third-order valence-electron chi connectivity index (χ3n) is 4.22. The van der Waals surface area contributed by atoms with Crippen molar-refractivity contribution in [1.29, 1.82) is 0 Å². The highest BCUT2D eigenvalue weighted by Crippen LogP contribution is 2.20. The first kappa shape index (κ1) is 20.2. The summed E-state index contributed by atoms with van der Waals surface area (Å²) in [6.07, 6.45) is 1.62. The van der Waals surface area contributed by atoms with E-state index in [4.69, 9.17) is 4.74 Å². The molecule has 0 unspecified atom stereocenters. The van der Waals surface area contributed by atoms with E-state index in [-0.39, 0.29) is 17.3 Å². The molecule has 3 rings (SSSR count). The highest BCUT2D eigenvalue weighted by atomic mass is 32.2. The average molecular weight is 405 g/mol. The molecule has 1 aromatic carbocycles. The van der Waals surface area contributed by atoms with Crippen molar-refractivity contribution < 1.29 is 17.9 Å². The van der Waals surface area contributed by atoms with Crippen LogP contribution in [0.1, 0.15) is 18.2 Å². The van der Waals surface area contributed by atoms with Crippen LogP contribution in [0, 0.1) is 6.92 Å². The lowest BCUT2D eigenvalue weighted by Crippen LogP contribution is -2.37. The van der Waals surface area contributed by atoms with Gasteiger partial charge in [0.25, 0.3) is 0 Å². The summed E-state index contributed by atoms with van der Waals surface area (Å²) in [5.74, 6) is 0.351. The molecule has 1 amide bonds. The van der Waals surface area contributed by atoms with Crippen LogP contribution in [0.5, 0.6) is 0 Å². The summed E-state index contributed by atoms with van der Waals surface area (Å²) < 4.78 is 33.3. The van der Waals surface area contributed by atoms with E-state index in [0.717, 1.165) is 0 Å². The van der Waals surface area contributed by atoms with Crippen molar-refractivity contribution in [2.45, 2.75) is 25.3 Å². The molecule has 1 fully saturated rings. The van der Waals surface area contributed by atoms with Gasteiger partial charge in [0, 0.05) is 31.9 Å². The Labute approximate surface area is 164 Å². The van der Waals surface area contributed by atoms with E-state index >= 15 is 0 Å². The van der Waals surface area contributed by atoms with Gasteiger partial charge in [-0.3, -0.25) is 4.79 Å². The van der Waals surface area contributed by atoms with Crippen LogP contribution in [-0.4, -0.2) is 50.6 Å². The van der Waals surface area contributed by atoms with Crippen molar-refractivity contribution in [2.75, 3.05) is 36.5 Å². The minimum absolute atomic E-state index is 0.0507. The van der Waals surface area contributed by atoms with Crippen molar-refractivity contribution in [2.24, 2.45) is 0 Å². The molecule has 0 aliphatic carbocycles. The molecule has 0 saturated carbocycles. The maximum atomic E-state index is 12.7. The first-order valence-electron chi connectivity index (χ1n) is 8.88. The molecule has 0 radical (unpaired) electrons. The Balaban J connectivity index is 1.70. The fraction of sp³-hybridized carbons (Fsp3) is 0.389. The summed E-state index contributed by atoms with van der Waals surface area (Å²) in [7, 11) is -3.73. The molecule has 2 aromatic rings. The van der Waals surface area contributed by atoms with Gasteiger partial charge in [-0.15, -0.1) is 0 Å². The Bertz CT molecular complexity index is 958. The van der Waals surface area contributed by atoms with Crippen molar-refractivity contribution in [3.63, 3.8) is 0 Å². The molecule has 0 atom stereocenters. The van der Waals surface area contributed by atoms with E-state index in [1.54, 1.807) is 31.3 Å². The highest BCUT2D eigenvalue weighted by molar-refractivity contribution is 7.89. The number of amides is 1. The van der Waals surface area contributed by atoms with Crippen LogP contribution in [0.25, 0.3) is 0 Å². The monoisotopic (exact) mass is 405 g/mol. The summed E-state index contributed by atoms with van der Waals surface area (Å²) in [5, 5.41) is 2.63. The van der Waals surface area contributed by atoms with Gasteiger partial charge in [-0.05, 0) is 36.8 Å². The number of nitrogens with zero attached hydrogens (tertiary/aromatic N) is 3. The summed E-state index contributed by atoms with van der Waals surface area (Å²) in [5.41, 5.74) is 1.66. The molecular formula is C18H23N5O4S. The smallest absolute Gasteiger partial charge is 0.241 e. The van der Waals surface area contributed by atoms with Gasteiger partial charge in [0.15, 0.2) is 0 Å². The van der Waals surface area contributed by atoms with Gasteiger partial charge in [-0.1, -0.05) is 0 Å². The standard InChI is InChI=1S/C18H23N5O4S/c1-13-11-15(21-14(2)24)3-4-17(13)28(25,26)20-12-16-5-6-19-18(22-16)23-7-9-27-10-8-23/h3-6,11,20H,7-10,12H2,1-2H3,(H,21,24). The molecule has 0 spiro atoms. The molecule has 9 nitrogen and oxygen atoms in total. The zero-order valence-corrected chi connectivity index (χ0v) is 16.6. The van der Waals surface area contributed by atoms with Crippen LogP contribution in [0.3, 0.4) is 0 Å². The number of sulfonamides is 1. The van der Waals surface area contributed by atoms with E-state index in [1.165, 1.54) is 13.0 Å². The Morgan fingerprint density at radius 3 is 2.68 bits per heavy atom. The molecule has 1 aromatic heterocycles. The van der Waals surface area contributed by atoms with Crippen LogP contribution in [0.4, 0.5) is 11.6 Å². The number of ether oxygens (including phenoxy) is 1. The van der Waals surface area contributed by atoms with Crippen LogP contribution in [-0.2, 0) is 26.1 Å². The van der Waals surface area contributed by atoms with Crippen LogP contribution in [0.2, 0.25) is 0 Å².